The van der Waals surface area contributed by atoms with Crippen LogP contribution in [-0.4, -0.2) is 32.0 Å². The third-order valence-corrected chi connectivity index (χ3v) is 5.02. The Morgan fingerprint density at radius 2 is 2.24 bits per heavy atom. The first-order chi connectivity index (χ1) is 7.95. The van der Waals surface area contributed by atoms with Gasteiger partial charge in [0.25, 0.3) is 0 Å². The number of rotatable bonds is 3. The summed E-state index contributed by atoms with van der Waals surface area (Å²) in [6, 6.07) is 7.90. The molecule has 0 bridgehead atoms. The highest BCUT2D eigenvalue weighted by Gasteiger charge is 2.41. The van der Waals surface area contributed by atoms with Gasteiger partial charge in [0.15, 0.2) is 9.84 Å². The molecule has 0 amide bonds. The molecule has 2 rings (SSSR count). The normalized spacial score (nSPS) is 26.9. The van der Waals surface area contributed by atoms with Crippen LogP contribution in [0.5, 0.6) is 0 Å². The predicted octanol–water partition coefficient (Wildman–Crippen LogP) is 0.923. The third kappa shape index (κ3) is 2.79. The number of aryl methyl sites for hydroxylation is 1. The van der Waals surface area contributed by atoms with Gasteiger partial charge in [-0.1, -0.05) is 12.1 Å². The Morgan fingerprint density at radius 1 is 1.47 bits per heavy atom. The zero-order valence-corrected chi connectivity index (χ0v) is 10.8. The van der Waals surface area contributed by atoms with E-state index < -0.39 is 15.4 Å². The summed E-state index contributed by atoms with van der Waals surface area (Å²) in [6.45, 7) is 2.34. The molecule has 94 valence electrons. The van der Waals surface area contributed by atoms with Crippen molar-refractivity contribution in [3.8, 4) is 0 Å². The second kappa shape index (κ2) is 4.31. The smallest absolute Gasteiger partial charge is 0.152 e. The van der Waals surface area contributed by atoms with Crippen LogP contribution in [0.2, 0.25) is 0 Å². The summed E-state index contributed by atoms with van der Waals surface area (Å²) < 4.78 is 23.1. The van der Waals surface area contributed by atoms with Crippen LogP contribution in [0.4, 0.5) is 5.69 Å². The van der Waals surface area contributed by atoms with E-state index in [-0.39, 0.29) is 11.5 Å². The molecule has 0 saturated carbocycles. The minimum atomic E-state index is -2.94. The van der Waals surface area contributed by atoms with Crippen molar-refractivity contribution in [1.29, 1.82) is 0 Å². The maximum atomic E-state index is 11.6. The summed E-state index contributed by atoms with van der Waals surface area (Å²) in [6.07, 6.45) is 0.583. The number of benzene rings is 1. The lowest BCUT2D eigenvalue weighted by molar-refractivity contribution is 0.534. The first-order valence-electron chi connectivity index (χ1n) is 5.70. The molecule has 0 radical (unpaired) electrons. The van der Waals surface area contributed by atoms with E-state index in [4.69, 9.17) is 5.73 Å². The van der Waals surface area contributed by atoms with Gasteiger partial charge in [-0.15, -0.1) is 0 Å². The Balaban J connectivity index is 2.22. The van der Waals surface area contributed by atoms with Gasteiger partial charge in [-0.25, -0.2) is 8.42 Å². The van der Waals surface area contributed by atoms with Gasteiger partial charge >= 0.3 is 0 Å². The maximum absolute atomic E-state index is 11.6. The SMILES string of the molecule is Cc1cccc(NC2(CN)CCS(=O)(=O)C2)c1. The van der Waals surface area contributed by atoms with E-state index in [2.05, 4.69) is 5.32 Å². The molecular formula is C12H18N2O2S. The van der Waals surface area contributed by atoms with Crippen molar-refractivity contribution in [3.63, 3.8) is 0 Å². The molecule has 3 N–H and O–H groups in total. The summed E-state index contributed by atoms with van der Waals surface area (Å²) in [5.41, 5.74) is 7.33. The molecule has 0 aromatic heterocycles. The Kier molecular flexibility index (Phi) is 3.14. The van der Waals surface area contributed by atoms with Gasteiger partial charge in [0.1, 0.15) is 0 Å². The standard InChI is InChI=1S/C12H18N2O2S/c1-10-3-2-4-11(7-10)14-12(8-13)5-6-17(15,16)9-12/h2-4,7,14H,5-6,8-9,13H2,1H3. The van der Waals surface area contributed by atoms with E-state index in [0.717, 1.165) is 11.3 Å². The molecule has 0 aliphatic carbocycles. The van der Waals surface area contributed by atoms with Gasteiger partial charge in [-0.3, -0.25) is 0 Å². The lowest BCUT2D eigenvalue weighted by atomic mass is 9.98. The fourth-order valence-corrected chi connectivity index (χ4v) is 4.28. The number of nitrogens with two attached hydrogens (primary N) is 1. The molecule has 1 atom stereocenters. The summed E-state index contributed by atoms with van der Waals surface area (Å²) >= 11 is 0. The molecule has 1 aliphatic heterocycles. The lowest BCUT2D eigenvalue weighted by Gasteiger charge is -2.28. The minimum Gasteiger partial charge on any atom is -0.377 e. The Morgan fingerprint density at radius 3 is 2.76 bits per heavy atom. The highest BCUT2D eigenvalue weighted by molar-refractivity contribution is 7.91. The molecule has 1 unspecified atom stereocenters. The van der Waals surface area contributed by atoms with Crippen LogP contribution >= 0.6 is 0 Å². The molecule has 0 spiro atoms. The largest absolute Gasteiger partial charge is 0.377 e. The summed E-state index contributed by atoms with van der Waals surface area (Å²) in [4.78, 5) is 0. The zero-order chi connectivity index (χ0) is 12.5. The van der Waals surface area contributed by atoms with Gasteiger partial charge < -0.3 is 11.1 Å². The van der Waals surface area contributed by atoms with Gasteiger partial charge in [0, 0.05) is 12.2 Å². The number of hydrogen-bond acceptors (Lipinski definition) is 4. The highest BCUT2D eigenvalue weighted by Crippen LogP contribution is 2.27. The quantitative estimate of drug-likeness (QED) is 0.841. The Bertz CT molecular complexity index is 513. The summed E-state index contributed by atoms with van der Waals surface area (Å²) in [7, 11) is -2.94. The van der Waals surface area contributed by atoms with Crippen molar-refractivity contribution in [2.75, 3.05) is 23.4 Å². The van der Waals surface area contributed by atoms with E-state index >= 15 is 0 Å². The minimum absolute atomic E-state index is 0.129. The average Bonchev–Trinajstić information content (AvgIpc) is 2.55. The number of hydrogen-bond donors (Lipinski definition) is 2. The van der Waals surface area contributed by atoms with Crippen molar-refractivity contribution in [3.05, 3.63) is 29.8 Å². The second-order valence-corrected chi connectivity index (χ2v) is 7.01. The first-order valence-corrected chi connectivity index (χ1v) is 7.52. The lowest BCUT2D eigenvalue weighted by Crippen LogP contribution is -2.46. The fraction of sp³-hybridized carbons (Fsp3) is 0.500. The van der Waals surface area contributed by atoms with Crippen molar-refractivity contribution in [1.82, 2.24) is 0 Å². The molecule has 1 fully saturated rings. The van der Waals surface area contributed by atoms with Crippen molar-refractivity contribution in [2.24, 2.45) is 5.73 Å². The number of nitrogens with one attached hydrogen (secondary N) is 1. The highest BCUT2D eigenvalue weighted by atomic mass is 32.2. The van der Waals surface area contributed by atoms with Gasteiger partial charge in [-0.2, -0.15) is 0 Å². The summed E-state index contributed by atoms with van der Waals surface area (Å²) in [5.74, 6) is 0.355. The van der Waals surface area contributed by atoms with E-state index in [9.17, 15) is 8.42 Å². The van der Waals surface area contributed by atoms with Crippen LogP contribution in [-0.2, 0) is 9.84 Å². The van der Waals surface area contributed by atoms with E-state index in [1.807, 2.05) is 31.2 Å². The number of anilines is 1. The monoisotopic (exact) mass is 254 g/mol. The fourth-order valence-electron chi connectivity index (χ4n) is 2.26. The van der Waals surface area contributed by atoms with Crippen LogP contribution in [0.15, 0.2) is 24.3 Å². The van der Waals surface area contributed by atoms with Crippen molar-refractivity contribution in [2.45, 2.75) is 18.9 Å². The topological polar surface area (TPSA) is 72.2 Å². The second-order valence-electron chi connectivity index (χ2n) is 4.82. The van der Waals surface area contributed by atoms with Crippen LogP contribution < -0.4 is 11.1 Å². The maximum Gasteiger partial charge on any atom is 0.152 e. The molecule has 1 saturated heterocycles. The van der Waals surface area contributed by atoms with E-state index in [1.165, 1.54) is 0 Å². The molecule has 4 nitrogen and oxygen atoms in total. The van der Waals surface area contributed by atoms with Gasteiger partial charge in [-0.05, 0) is 31.0 Å². The Hall–Kier alpha value is -1.07. The zero-order valence-electron chi connectivity index (χ0n) is 9.94. The molecule has 1 aromatic carbocycles. The molecular weight excluding hydrogens is 236 g/mol. The first kappa shape index (κ1) is 12.4. The molecule has 1 aromatic rings. The molecule has 1 heterocycles. The van der Waals surface area contributed by atoms with Crippen molar-refractivity contribution >= 4 is 15.5 Å². The van der Waals surface area contributed by atoms with Crippen LogP contribution in [0.1, 0.15) is 12.0 Å². The summed E-state index contributed by atoms with van der Waals surface area (Å²) in [5, 5.41) is 3.30. The molecule has 1 aliphatic rings. The van der Waals surface area contributed by atoms with E-state index in [1.54, 1.807) is 0 Å². The molecule has 17 heavy (non-hydrogen) atoms. The van der Waals surface area contributed by atoms with Crippen LogP contribution in [0, 0.1) is 6.92 Å². The van der Waals surface area contributed by atoms with Crippen LogP contribution in [0.3, 0.4) is 0 Å². The third-order valence-electron chi connectivity index (χ3n) is 3.21. The number of sulfone groups is 1. The van der Waals surface area contributed by atoms with Crippen molar-refractivity contribution < 1.29 is 8.42 Å². The predicted molar refractivity (Wildman–Crippen MR) is 69.9 cm³/mol. The average molecular weight is 254 g/mol. The Labute approximate surface area is 102 Å². The van der Waals surface area contributed by atoms with E-state index in [0.29, 0.717) is 13.0 Å². The molecule has 5 heteroatoms. The van der Waals surface area contributed by atoms with Gasteiger partial charge in [0.05, 0.1) is 17.0 Å². The van der Waals surface area contributed by atoms with Crippen LogP contribution in [0.25, 0.3) is 0 Å². The van der Waals surface area contributed by atoms with Gasteiger partial charge in [0.2, 0.25) is 0 Å².